The zero-order valence-electron chi connectivity index (χ0n) is 13.1. The third-order valence-corrected chi connectivity index (χ3v) is 4.63. The Morgan fingerprint density at radius 2 is 2.24 bits per heavy atom. The molecule has 1 aromatic rings. The normalized spacial score (nSPS) is 22.6. The summed E-state index contributed by atoms with van der Waals surface area (Å²) in [4.78, 5) is 0. The van der Waals surface area contributed by atoms with Crippen LogP contribution in [-0.4, -0.2) is 31.9 Å². The van der Waals surface area contributed by atoms with E-state index in [9.17, 15) is 0 Å². The maximum Gasteiger partial charge on any atom is 0.122 e. The first-order valence-electron chi connectivity index (χ1n) is 8.46. The molecule has 1 N–H and O–H groups in total. The van der Waals surface area contributed by atoms with Crippen LogP contribution in [0.25, 0.3) is 0 Å². The van der Waals surface area contributed by atoms with Crippen LogP contribution in [0.15, 0.2) is 18.2 Å². The molecule has 0 radical (unpaired) electrons. The van der Waals surface area contributed by atoms with Crippen molar-refractivity contribution < 1.29 is 9.47 Å². The average molecular weight is 289 g/mol. The van der Waals surface area contributed by atoms with E-state index in [0.717, 1.165) is 44.8 Å². The van der Waals surface area contributed by atoms with Crippen molar-refractivity contribution in [3.05, 3.63) is 29.3 Å². The quantitative estimate of drug-likeness (QED) is 0.873. The van der Waals surface area contributed by atoms with Crippen molar-refractivity contribution in [2.24, 2.45) is 0 Å². The van der Waals surface area contributed by atoms with Gasteiger partial charge in [-0.25, -0.2) is 0 Å². The van der Waals surface area contributed by atoms with Crippen LogP contribution in [0.2, 0.25) is 0 Å². The number of hydrogen-bond acceptors (Lipinski definition) is 3. The van der Waals surface area contributed by atoms with Gasteiger partial charge in [0, 0.05) is 19.1 Å². The summed E-state index contributed by atoms with van der Waals surface area (Å²) < 4.78 is 11.6. The molecule has 2 heterocycles. The fourth-order valence-electron chi connectivity index (χ4n) is 3.48. The molecule has 1 aromatic carbocycles. The lowest BCUT2D eigenvalue weighted by atomic mass is 9.95. The number of likely N-dealkylation sites (N-methyl/N-ethyl adjacent to an activating group) is 1. The third-order valence-electron chi connectivity index (χ3n) is 4.63. The van der Waals surface area contributed by atoms with E-state index >= 15 is 0 Å². The molecule has 116 valence electrons. The summed E-state index contributed by atoms with van der Waals surface area (Å²) in [5, 5.41) is 3.63. The first-order chi connectivity index (χ1) is 10.4. The van der Waals surface area contributed by atoms with Gasteiger partial charge in [-0.15, -0.1) is 0 Å². The standard InChI is InChI=1S/C18H27NO2/c1-2-19-16(18-5-3-4-11-20-18)8-6-14-7-9-17-15(13-14)10-12-21-17/h7,9,13,16,18-19H,2-6,8,10-12H2,1H3. The molecule has 0 amide bonds. The van der Waals surface area contributed by atoms with Gasteiger partial charge in [-0.2, -0.15) is 0 Å². The lowest BCUT2D eigenvalue weighted by molar-refractivity contribution is -0.00885. The maximum atomic E-state index is 5.97. The van der Waals surface area contributed by atoms with E-state index in [4.69, 9.17) is 9.47 Å². The van der Waals surface area contributed by atoms with Crippen molar-refractivity contribution >= 4 is 0 Å². The molecular formula is C18H27NO2. The van der Waals surface area contributed by atoms with Crippen LogP contribution in [0.3, 0.4) is 0 Å². The van der Waals surface area contributed by atoms with Gasteiger partial charge in [0.2, 0.25) is 0 Å². The molecule has 0 bridgehead atoms. The Hall–Kier alpha value is -1.06. The molecule has 1 saturated heterocycles. The molecule has 2 unspecified atom stereocenters. The molecule has 0 aliphatic carbocycles. The third kappa shape index (κ3) is 3.78. The van der Waals surface area contributed by atoms with E-state index in [1.54, 1.807) is 0 Å². The summed E-state index contributed by atoms with van der Waals surface area (Å²) in [5.74, 6) is 1.08. The molecule has 0 spiro atoms. The van der Waals surface area contributed by atoms with E-state index in [2.05, 4.69) is 30.4 Å². The highest BCUT2D eigenvalue weighted by Gasteiger charge is 2.23. The highest BCUT2D eigenvalue weighted by molar-refractivity contribution is 5.39. The number of nitrogens with one attached hydrogen (secondary N) is 1. The molecule has 1 fully saturated rings. The first kappa shape index (κ1) is 14.9. The van der Waals surface area contributed by atoms with Gasteiger partial charge < -0.3 is 14.8 Å². The summed E-state index contributed by atoms with van der Waals surface area (Å²) in [7, 11) is 0. The SMILES string of the molecule is CCNC(CCc1ccc2c(c1)CCO2)C1CCCCO1. The largest absolute Gasteiger partial charge is 0.493 e. The molecule has 2 atom stereocenters. The monoisotopic (exact) mass is 289 g/mol. The lowest BCUT2D eigenvalue weighted by Gasteiger charge is -2.31. The summed E-state index contributed by atoms with van der Waals surface area (Å²) in [6, 6.07) is 7.17. The summed E-state index contributed by atoms with van der Waals surface area (Å²) in [6.07, 6.45) is 7.46. The van der Waals surface area contributed by atoms with Crippen molar-refractivity contribution in [2.75, 3.05) is 19.8 Å². The van der Waals surface area contributed by atoms with Crippen LogP contribution in [0.4, 0.5) is 0 Å². The Bertz CT molecular complexity index is 455. The Morgan fingerprint density at radius 3 is 3.05 bits per heavy atom. The number of hydrogen-bond donors (Lipinski definition) is 1. The van der Waals surface area contributed by atoms with Gasteiger partial charge in [-0.3, -0.25) is 0 Å². The Morgan fingerprint density at radius 1 is 1.29 bits per heavy atom. The number of aryl methyl sites for hydroxylation is 1. The highest BCUT2D eigenvalue weighted by Crippen LogP contribution is 2.27. The minimum atomic E-state index is 0.400. The Labute approximate surface area is 128 Å². The summed E-state index contributed by atoms with van der Waals surface area (Å²) >= 11 is 0. The van der Waals surface area contributed by atoms with E-state index in [1.165, 1.54) is 30.4 Å². The maximum absolute atomic E-state index is 5.97. The molecule has 0 saturated carbocycles. The van der Waals surface area contributed by atoms with Gasteiger partial charge in [0.25, 0.3) is 0 Å². The van der Waals surface area contributed by atoms with Crippen LogP contribution >= 0.6 is 0 Å². The van der Waals surface area contributed by atoms with E-state index in [1.807, 2.05) is 0 Å². The molecule has 0 aromatic heterocycles. The zero-order valence-corrected chi connectivity index (χ0v) is 13.1. The number of benzene rings is 1. The highest BCUT2D eigenvalue weighted by atomic mass is 16.5. The van der Waals surface area contributed by atoms with Crippen LogP contribution in [0.1, 0.15) is 43.7 Å². The molecular weight excluding hydrogens is 262 g/mol. The summed E-state index contributed by atoms with van der Waals surface area (Å²) in [5.41, 5.74) is 2.80. The molecule has 2 aliphatic heterocycles. The summed E-state index contributed by atoms with van der Waals surface area (Å²) in [6.45, 7) is 4.97. The van der Waals surface area contributed by atoms with E-state index in [0.29, 0.717) is 12.1 Å². The zero-order chi connectivity index (χ0) is 14.5. The second-order valence-corrected chi connectivity index (χ2v) is 6.15. The fraction of sp³-hybridized carbons (Fsp3) is 0.667. The van der Waals surface area contributed by atoms with E-state index in [-0.39, 0.29) is 0 Å². The second kappa shape index (κ2) is 7.28. The van der Waals surface area contributed by atoms with Gasteiger partial charge in [-0.05, 0) is 55.8 Å². The van der Waals surface area contributed by atoms with Gasteiger partial charge in [0.05, 0.1) is 12.7 Å². The first-order valence-corrected chi connectivity index (χ1v) is 8.46. The van der Waals surface area contributed by atoms with Gasteiger partial charge in [-0.1, -0.05) is 19.1 Å². The van der Waals surface area contributed by atoms with Crippen molar-refractivity contribution in [1.82, 2.24) is 5.32 Å². The van der Waals surface area contributed by atoms with Crippen LogP contribution in [-0.2, 0) is 17.6 Å². The fourth-order valence-corrected chi connectivity index (χ4v) is 3.48. The molecule has 3 nitrogen and oxygen atoms in total. The predicted octanol–water partition coefficient (Wildman–Crippen LogP) is 3.10. The molecule has 2 aliphatic rings. The average Bonchev–Trinajstić information content (AvgIpc) is 3.00. The minimum absolute atomic E-state index is 0.400. The topological polar surface area (TPSA) is 30.5 Å². The van der Waals surface area contributed by atoms with Crippen LogP contribution in [0, 0.1) is 0 Å². The number of rotatable bonds is 6. The van der Waals surface area contributed by atoms with Crippen molar-refractivity contribution in [2.45, 2.75) is 57.6 Å². The van der Waals surface area contributed by atoms with E-state index < -0.39 is 0 Å². The number of ether oxygens (including phenoxy) is 2. The molecule has 3 heteroatoms. The lowest BCUT2D eigenvalue weighted by Crippen LogP contribution is -2.43. The van der Waals surface area contributed by atoms with Gasteiger partial charge >= 0.3 is 0 Å². The smallest absolute Gasteiger partial charge is 0.122 e. The van der Waals surface area contributed by atoms with Crippen LogP contribution in [0.5, 0.6) is 5.75 Å². The van der Waals surface area contributed by atoms with Crippen molar-refractivity contribution in [3.8, 4) is 5.75 Å². The van der Waals surface area contributed by atoms with Gasteiger partial charge in [0.15, 0.2) is 0 Å². The molecule has 3 rings (SSSR count). The Kier molecular flexibility index (Phi) is 5.15. The molecule has 21 heavy (non-hydrogen) atoms. The number of fused-ring (bicyclic) bond motifs is 1. The van der Waals surface area contributed by atoms with Crippen molar-refractivity contribution in [1.29, 1.82) is 0 Å². The Balaban J connectivity index is 1.58. The van der Waals surface area contributed by atoms with Crippen molar-refractivity contribution in [3.63, 3.8) is 0 Å². The van der Waals surface area contributed by atoms with Crippen LogP contribution < -0.4 is 10.1 Å². The van der Waals surface area contributed by atoms with Gasteiger partial charge in [0.1, 0.15) is 5.75 Å². The second-order valence-electron chi connectivity index (χ2n) is 6.15. The predicted molar refractivity (Wildman–Crippen MR) is 85.0 cm³/mol. The minimum Gasteiger partial charge on any atom is -0.493 e.